The SMILES string of the molecule is CCOc1ccc(C(=O)Nc2ccc(F)cc2I)cc1N. The van der Waals surface area contributed by atoms with Crippen molar-refractivity contribution < 1.29 is 13.9 Å². The third-order valence-corrected chi connectivity index (χ3v) is 3.64. The summed E-state index contributed by atoms with van der Waals surface area (Å²) in [6.07, 6.45) is 0. The van der Waals surface area contributed by atoms with Crippen molar-refractivity contribution in [2.24, 2.45) is 0 Å². The Hall–Kier alpha value is -1.83. The first kappa shape index (κ1) is 15.6. The van der Waals surface area contributed by atoms with Crippen molar-refractivity contribution in [1.29, 1.82) is 0 Å². The average molecular weight is 400 g/mol. The van der Waals surface area contributed by atoms with Crippen LogP contribution in [-0.2, 0) is 0 Å². The van der Waals surface area contributed by atoms with E-state index in [1.54, 1.807) is 18.2 Å². The van der Waals surface area contributed by atoms with E-state index in [1.165, 1.54) is 18.2 Å². The van der Waals surface area contributed by atoms with Crippen molar-refractivity contribution in [3.8, 4) is 5.75 Å². The fraction of sp³-hybridized carbons (Fsp3) is 0.133. The number of hydrogen-bond acceptors (Lipinski definition) is 3. The molecule has 0 saturated heterocycles. The number of carbonyl (C=O) groups excluding carboxylic acids is 1. The molecule has 0 saturated carbocycles. The summed E-state index contributed by atoms with van der Waals surface area (Å²) in [5.74, 6) is -0.109. The minimum atomic E-state index is -0.345. The summed E-state index contributed by atoms with van der Waals surface area (Å²) in [6, 6.07) is 9.01. The van der Waals surface area contributed by atoms with Gasteiger partial charge >= 0.3 is 0 Å². The van der Waals surface area contributed by atoms with Gasteiger partial charge in [-0.1, -0.05) is 0 Å². The number of amides is 1. The molecular formula is C15H14FIN2O2. The van der Waals surface area contributed by atoms with Crippen molar-refractivity contribution in [3.63, 3.8) is 0 Å². The van der Waals surface area contributed by atoms with E-state index in [0.29, 0.717) is 32.9 Å². The van der Waals surface area contributed by atoms with Crippen molar-refractivity contribution in [2.45, 2.75) is 6.92 Å². The Labute approximate surface area is 135 Å². The Kier molecular flexibility index (Phi) is 5.00. The summed E-state index contributed by atoms with van der Waals surface area (Å²) in [5.41, 5.74) is 7.20. The molecule has 21 heavy (non-hydrogen) atoms. The molecule has 4 nitrogen and oxygen atoms in total. The molecule has 0 radical (unpaired) electrons. The molecule has 0 aliphatic rings. The predicted molar refractivity (Wildman–Crippen MR) is 89.1 cm³/mol. The predicted octanol–water partition coefficient (Wildman–Crippen LogP) is 3.66. The van der Waals surface area contributed by atoms with Crippen LogP contribution in [0, 0.1) is 9.39 Å². The summed E-state index contributed by atoms with van der Waals surface area (Å²) in [5, 5.41) is 2.72. The van der Waals surface area contributed by atoms with Gasteiger partial charge < -0.3 is 15.8 Å². The van der Waals surface area contributed by atoms with Gasteiger partial charge in [0.25, 0.3) is 5.91 Å². The van der Waals surface area contributed by atoms with Crippen molar-refractivity contribution in [3.05, 3.63) is 51.3 Å². The molecule has 2 rings (SSSR count). The van der Waals surface area contributed by atoms with Gasteiger partial charge in [0.1, 0.15) is 11.6 Å². The molecule has 6 heteroatoms. The summed E-state index contributed by atoms with van der Waals surface area (Å²) < 4.78 is 19.0. The molecule has 0 heterocycles. The molecule has 2 aromatic rings. The van der Waals surface area contributed by atoms with Crippen LogP contribution in [0.25, 0.3) is 0 Å². The highest BCUT2D eigenvalue weighted by Crippen LogP contribution is 2.24. The first-order chi connectivity index (χ1) is 10.0. The van der Waals surface area contributed by atoms with Gasteiger partial charge in [-0.25, -0.2) is 4.39 Å². The van der Waals surface area contributed by atoms with Crippen LogP contribution < -0.4 is 15.8 Å². The van der Waals surface area contributed by atoms with Gasteiger partial charge in [-0.2, -0.15) is 0 Å². The normalized spacial score (nSPS) is 10.2. The maximum atomic E-state index is 13.0. The number of hydrogen-bond donors (Lipinski definition) is 2. The van der Waals surface area contributed by atoms with E-state index in [4.69, 9.17) is 10.5 Å². The average Bonchev–Trinajstić information content (AvgIpc) is 2.44. The fourth-order valence-corrected chi connectivity index (χ4v) is 2.37. The zero-order chi connectivity index (χ0) is 15.4. The standard InChI is InChI=1S/C15H14FIN2O2/c1-2-21-14-6-3-9(7-12(14)18)15(20)19-13-5-4-10(16)8-11(13)17/h3-8H,2,18H2,1H3,(H,19,20). The minimum Gasteiger partial charge on any atom is -0.492 e. The lowest BCUT2D eigenvalue weighted by Gasteiger charge is -2.10. The fourth-order valence-electron chi connectivity index (χ4n) is 1.76. The number of rotatable bonds is 4. The van der Waals surface area contributed by atoms with Crippen molar-refractivity contribution in [2.75, 3.05) is 17.7 Å². The molecule has 1 amide bonds. The number of carbonyl (C=O) groups is 1. The Morgan fingerprint density at radius 1 is 1.33 bits per heavy atom. The van der Waals surface area contributed by atoms with E-state index >= 15 is 0 Å². The van der Waals surface area contributed by atoms with Crippen LogP contribution in [0.4, 0.5) is 15.8 Å². The van der Waals surface area contributed by atoms with Gasteiger partial charge in [0.2, 0.25) is 0 Å². The number of benzene rings is 2. The molecule has 0 aliphatic heterocycles. The van der Waals surface area contributed by atoms with E-state index in [9.17, 15) is 9.18 Å². The molecule has 0 unspecified atom stereocenters. The number of halogens is 2. The smallest absolute Gasteiger partial charge is 0.255 e. The highest BCUT2D eigenvalue weighted by atomic mass is 127. The Bertz CT molecular complexity index is 677. The molecule has 2 aromatic carbocycles. The van der Waals surface area contributed by atoms with Gasteiger partial charge in [-0.15, -0.1) is 0 Å². The van der Waals surface area contributed by atoms with Crippen LogP contribution in [0.3, 0.4) is 0 Å². The van der Waals surface area contributed by atoms with Crippen LogP contribution in [0.1, 0.15) is 17.3 Å². The topological polar surface area (TPSA) is 64.3 Å². The van der Waals surface area contributed by atoms with Crippen LogP contribution >= 0.6 is 22.6 Å². The van der Waals surface area contributed by atoms with Crippen molar-refractivity contribution >= 4 is 39.9 Å². The number of anilines is 2. The monoisotopic (exact) mass is 400 g/mol. The van der Waals surface area contributed by atoms with Gasteiger partial charge in [-0.05, 0) is 65.9 Å². The number of nitrogens with one attached hydrogen (secondary N) is 1. The summed E-state index contributed by atoms with van der Waals surface area (Å²) >= 11 is 1.96. The number of nitrogen functional groups attached to an aromatic ring is 1. The minimum absolute atomic E-state index is 0.311. The lowest BCUT2D eigenvalue weighted by atomic mass is 10.1. The number of ether oxygens (including phenoxy) is 1. The largest absolute Gasteiger partial charge is 0.492 e. The quantitative estimate of drug-likeness (QED) is 0.608. The lowest BCUT2D eigenvalue weighted by molar-refractivity contribution is 0.102. The molecule has 0 fully saturated rings. The molecule has 0 spiro atoms. The van der Waals surface area contributed by atoms with E-state index in [0.717, 1.165) is 0 Å². The third kappa shape index (κ3) is 3.84. The second-order valence-corrected chi connectivity index (χ2v) is 5.43. The van der Waals surface area contributed by atoms with E-state index in [2.05, 4.69) is 5.32 Å². The van der Waals surface area contributed by atoms with Crippen LogP contribution in [0.2, 0.25) is 0 Å². The molecule has 110 valence electrons. The number of nitrogens with two attached hydrogens (primary N) is 1. The highest BCUT2D eigenvalue weighted by molar-refractivity contribution is 14.1. The summed E-state index contributed by atoms with van der Waals surface area (Å²) in [4.78, 5) is 12.2. The Morgan fingerprint density at radius 3 is 2.71 bits per heavy atom. The van der Waals surface area contributed by atoms with E-state index in [-0.39, 0.29) is 11.7 Å². The second-order valence-electron chi connectivity index (χ2n) is 4.26. The summed E-state index contributed by atoms with van der Waals surface area (Å²) in [6.45, 7) is 2.36. The zero-order valence-electron chi connectivity index (χ0n) is 11.3. The van der Waals surface area contributed by atoms with Crippen LogP contribution in [-0.4, -0.2) is 12.5 Å². The molecule has 0 aliphatic carbocycles. The summed E-state index contributed by atoms with van der Waals surface area (Å²) in [7, 11) is 0. The van der Waals surface area contributed by atoms with Crippen LogP contribution in [0.15, 0.2) is 36.4 Å². The van der Waals surface area contributed by atoms with Gasteiger partial charge in [0.15, 0.2) is 0 Å². The first-order valence-corrected chi connectivity index (χ1v) is 7.38. The molecular weight excluding hydrogens is 386 g/mol. The highest BCUT2D eigenvalue weighted by Gasteiger charge is 2.11. The molecule has 0 atom stereocenters. The van der Waals surface area contributed by atoms with Gasteiger partial charge in [0.05, 0.1) is 18.0 Å². The van der Waals surface area contributed by atoms with Crippen molar-refractivity contribution in [1.82, 2.24) is 0 Å². The van der Waals surface area contributed by atoms with Gasteiger partial charge in [-0.3, -0.25) is 4.79 Å². The molecule has 0 bridgehead atoms. The van der Waals surface area contributed by atoms with Gasteiger partial charge in [0, 0.05) is 9.13 Å². The van der Waals surface area contributed by atoms with E-state index < -0.39 is 0 Å². The molecule has 0 aromatic heterocycles. The zero-order valence-corrected chi connectivity index (χ0v) is 13.5. The maximum Gasteiger partial charge on any atom is 0.255 e. The lowest BCUT2D eigenvalue weighted by Crippen LogP contribution is -2.13. The molecule has 3 N–H and O–H groups in total. The second kappa shape index (κ2) is 6.75. The Morgan fingerprint density at radius 2 is 2.10 bits per heavy atom. The maximum absolute atomic E-state index is 13.0. The first-order valence-electron chi connectivity index (χ1n) is 6.30. The third-order valence-electron chi connectivity index (χ3n) is 2.75. The van der Waals surface area contributed by atoms with E-state index in [1.807, 2.05) is 29.5 Å². The van der Waals surface area contributed by atoms with Crippen LogP contribution in [0.5, 0.6) is 5.75 Å². The Balaban J connectivity index is 2.18.